The molecule has 168 valence electrons. The van der Waals surface area contributed by atoms with Crippen LogP contribution < -0.4 is 14.8 Å². The number of ether oxygens (including phenoxy) is 2. The van der Waals surface area contributed by atoms with Crippen LogP contribution in [0.15, 0.2) is 30.3 Å². The van der Waals surface area contributed by atoms with E-state index < -0.39 is 0 Å². The van der Waals surface area contributed by atoms with Crippen LogP contribution >= 0.6 is 22.9 Å². The summed E-state index contributed by atoms with van der Waals surface area (Å²) in [6.07, 6.45) is 0. The fourth-order valence-electron chi connectivity index (χ4n) is 3.38. The molecule has 2 amide bonds. The van der Waals surface area contributed by atoms with Gasteiger partial charge in [0, 0.05) is 49.2 Å². The van der Waals surface area contributed by atoms with Crippen LogP contribution in [-0.2, 0) is 11.3 Å². The maximum absolute atomic E-state index is 13.0. The molecular formula is C22H28ClN3O4S. The van der Waals surface area contributed by atoms with Crippen molar-refractivity contribution in [2.75, 3.05) is 39.9 Å². The highest BCUT2D eigenvalue weighted by molar-refractivity contribution is 7.16. The van der Waals surface area contributed by atoms with E-state index in [2.05, 4.69) is 10.2 Å². The van der Waals surface area contributed by atoms with Gasteiger partial charge in [-0.1, -0.05) is 11.6 Å². The Hall–Kier alpha value is -2.29. The Bertz CT molecular complexity index is 910. The molecule has 1 fully saturated rings. The molecule has 0 bridgehead atoms. The third-order valence-electron chi connectivity index (χ3n) is 4.89. The molecule has 0 spiro atoms. The molecule has 1 aromatic heterocycles. The Labute approximate surface area is 191 Å². The quantitative estimate of drug-likeness (QED) is 0.647. The average molecular weight is 466 g/mol. The highest BCUT2D eigenvalue weighted by Crippen LogP contribution is 2.29. The summed E-state index contributed by atoms with van der Waals surface area (Å²) in [4.78, 5) is 30.2. The Kier molecular flexibility index (Phi) is 8.17. The second-order valence-corrected chi connectivity index (χ2v) is 9.45. The first-order valence-corrected chi connectivity index (χ1v) is 11.4. The lowest BCUT2D eigenvalue weighted by atomic mass is 10.1. The number of methoxy groups -OCH3 is 1. The van der Waals surface area contributed by atoms with Crippen LogP contribution in [0.1, 0.15) is 29.1 Å². The SMILES string of the molecule is COc1cc(C(=O)N2CCN(Cc3ccc(Cl)s3)CC2)ccc1OCC(=O)NC(C)C. The number of hydrogen-bond acceptors (Lipinski definition) is 6. The summed E-state index contributed by atoms with van der Waals surface area (Å²) in [7, 11) is 1.51. The highest BCUT2D eigenvalue weighted by atomic mass is 35.5. The van der Waals surface area contributed by atoms with Gasteiger partial charge in [0.05, 0.1) is 11.4 Å². The van der Waals surface area contributed by atoms with E-state index >= 15 is 0 Å². The predicted octanol–water partition coefficient (Wildman–Crippen LogP) is 3.27. The third kappa shape index (κ3) is 6.59. The number of benzene rings is 1. The van der Waals surface area contributed by atoms with E-state index in [1.165, 1.54) is 12.0 Å². The number of nitrogens with one attached hydrogen (secondary N) is 1. The minimum atomic E-state index is -0.208. The van der Waals surface area contributed by atoms with Gasteiger partial charge in [0.25, 0.3) is 11.8 Å². The number of hydrogen-bond donors (Lipinski definition) is 1. The van der Waals surface area contributed by atoms with E-state index in [1.54, 1.807) is 29.5 Å². The summed E-state index contributed by atoms with van der Waals surface area (Å²) < 4.78 is 11.7. The first-order valence-electron chi connectivity index (χ1n) is 10.2. The molecule has 1 N–H and O–H groups in total. The standard InChI is InChI=1S/C22H28ClN3O4S/c1-15(2)24-21(27)14-30-18-6-4-16(12-19(18)29-3)22(28)26-10-8-25(9-11-26)13-17-5-7-20(23)31-17/h4-7,12,15H,8-11,13-14H2,1-3H3,(H,24,27). The summed E-state index contributed by atoms with van der Waals surface area (Å²) >= 11 is 7.60. The molecule has 1 saturated heterocycles. The minimum absolute atomic E-state index is 0.0405. The zero-order valence-electron chi connectivity index (χ0n) is 18.0. The van der Waals surface area contributed by atoms with E-state index in [9.17, 15) is 9.59 Å². The molecular weight excluding hydrogens is 438 g/mol. The monoisotopic (exact) mass is 465 g/mol. The van der Waals surface area contributed by atoms with Crippen molar-refractivity contribution < 1.29 is 19.1 Å². The fraction of sp³-hybridized carbons (Fsp3) is 0.455. The molecule has 9 heteroatoms. The van der Waals surface area contributed by atoms with Crippen molar-refractivity contribution in [2.45, 2.75) is 26.4 Å². The lowest BCUT2D eigenvalue weighted by molar-refractivity contribution is -0.123. The molecule has 0 radical (unpaired) electrons. The Morgan fingerprint density at radius 2 is 1.87 bits per heavy atom. The molecule has 1 aliphatic heterocycles. The van der Waals surface area contributed by atoms with Gasteiger partial charge in [-0.3, -0.25) is 14.5 Å². The van der Waals surface area contributed by atoms with Crippen molar-refractivity contribution in [1.82, 2.24) is 15.1 Å². The molecule has 31 heavy (non-hydrogen) atoms. The maximum Gasteiger partial charge on any atom is 0.258 e. The van der Waals surface area contributed by atoms with Crippen molar-refractivity contribution in [3.05, 3.63) is 45.1 Å². The van der Waals surface area contributed by atoms with Gasteiger partial charge in [-0.05, 0) is 44.2 Å². The Morgan fingerprint density at radius 1 is 1.13 bits per heavy atom. The molecule has 3 rings (SSSR count). The summed E-state index contributed by atoms with van der Waals surface area (Å²) in [5.74, 6) is 0.606. The summed E-state index contributed by atoms with van der Waals surface area (Å²) in [6.45, 7) is 7.45. The lowest BCUT2D eigenvalue weighted by Crippen LogP contribution is -2.48. The average Bonchev–Trinajstić information content (AvgIpc) is 3.16. The number of rotatable bonds is 8. The number of carbonyl (C=O) groups is 2. The summed E-state index contributed by atoms with van der Waals surface area (Å²) in [6, 6.07) is 9.05. The highest BCUT2D eigenvalue weighted by Gasteiger charge is 2.23. The topological polar surface area (TPSA) is 71.1 Å². The predicted molar refractivity (Wildman–Crippen MR) is 122 cm³/mol. The van der Waals surface area contributed by atoms with Crippen LogP contribution in [0.25, 0.3) is 0 Å². The summed E-state index contributed by atoms with van der Waals surface area (Å²) in [5.41, 5.74) is 0.536. The number of nitrogens with zero attached hydrogens (tertiary/aromatic N) is 2. The van der Waals surface area contributed by atoms with Crippen LogP contribution in [0.2, 0.25) is 4.34 Å². The van der Waals surface area contributed by atoms with Crippen molar-refractivity contribution in [3.8, 4) is 11.5 Å². The van der Waals surface area contributed by atoms with Crippen molar-refractivity contribution in [1.29, 1.82) is 0 Å². The van der Waals surface area contributed by atoms with E-state index in [0.29, 0.717) is 30.2 Å². The molecule has 1 aromatic carbocycles. The zero-order valence-corrected chi connectivity index (χ0v) is 19.6. The molecule has 1 aliphatic rings. The van der Waals surface area contributed by atoms with Gasteiger partial charge >= 0.3 is 0 Å². The lowest BCUT2D eigenvalue weighted by Gasteiger charge is -2.34. The van der Waals surface area contributed by atoms with E-state index in [0.717, 1.165) is 24.0 Å². The molecule has 2 aromatic rings. The van der Waals surface area contributed by atoms with Crippen molar-refractivity contribution >= 4 is 34.8 Å². The van der Waals surface area contributed by atoms with E-state index in [4.69, 9.17) is 21.1 Å². The second kappa shape index (κ2) is 10.8. The largest absolute Gasteiger partial charge is 0.493 e. The van der Waals surface area contributed by atoms with Gasteiger partial charge in [0.2, 0.25) is 0 Å². The van der Waals surface area contributed by atoms with Crippen molar-refractivity contribution in [2.24, 2.45) is 0 Å². The van der Waals surface area contributed by atoms with Gasteiger partial charge in [-0.25, -0.2) is 0 Å². The van der Waals surface area contributed by atoms with Crippen LogP contribution in [0.3, 0.4) is 0 Å². The van der Waals surface area contributed by atoms with Crippen LogP contribution in [0.5, 0.6) is 11.5 Å². The molecule has 0 aliphatic carbocycles. The van der Waals surface area contributed by atoms with Gasteiger partial charge in [0.15, 0.2) is 18.1 Å². The van der Waals surface area contributed by atoms with Gasteiger partial charge in [0.1, 0.15) is 0 Å². The third-order valence-corrected chi connectivity index (χ3v) is 6.10. The van der Waals surface area contributed by atoms with Crippen LogP contribution in [0, 0.1) is 0 Å². The molecule has 7 nitrogen and oxygen atoms in total. The first-order chi connectivity index (χ1) is 14.9. The first kappa shape index (κ1) is 23.4. The van der Waals surface area contributed by atoms with Crippen LogP contribution in [0.4, 0.5) is 0 Å². The smallest absolute Gasteiger partial charge is 0.258 e. The number of carbonyl (C=O) groups excluding carboxylic acids is 2. The number of amides is 2. The van der Waals surface area contributed by atoms with E-state index in [1.807, 2.05) is 30.9 Å². The maximum atomic E-state index is 13.0. The number of thiophene rings is 1. The molecule has 0 atom stereocenters. The van der Waals surface area contributed by atoms with Crippen molar-refractivity contribution in [3.63, 3.8) is 0 Å². The Balaban J connectivity index is 1.56. The van der Waals surface area contributed by atoms with E-state index in [-0.39, 0.29) is 24.5 Å². The normalized spacial score (nSPS) is 14.5. The van der Waals surface area contributed by atoms with Gasteiger partial charge < -0.3 is 19.7 Å². The van der Waals surface area contributed by atoms with Gasteiger partial charge in [-0.2, -0.15) is 0 Å². The molecule has 0 unspecified atom stereocenters. The minimum Gasteiger partial charge on any atom is -0.493 e. The zero-order chi connectivity index (χ0) is 22.4. The Morgan fingerprint density at radius 3 is 2.48 bits per heavy atom. The van der Waals surface area contributed by atoms with Crippen LogP contribution in [-0.4, -0.2) is 67.6 Å². The second-order valence-electron chi connectivity index (χ2n) is 7.65. The van der Waals surface area contributed by atoms with Gasteiger partial charge in [-0.15, -0.1) is 11.3 Å². The fourth-order valence-corrected chi connectivity index (χ4v) is 4.51. The molecule has 0 saturated carbocycles. The molecule has 2 heterocycles. The summed E-state index contributed by atoms with van der Waals surface area (Å²) in [5, 5.41) is 2.77. The number of piperazine rings is 1. The number of halogens is 1.